The van der Waals surface area contributed by atoms with Gasteiger partial charge >= 0.3 is 0 Å². The van der Waals surface area contributed by atoms with Gasteiger partial charge in [-0.05, 0) is 25.7 Å². The monoisotopic (exact) mass is 248 g/mol. The first-order valence-electron chi connectivity index (χ1n) is 6.42. The Labute approximate surface area is 108 Å². The average Bonchev–Trinajstić information content (AvgIpc) is 2.41. The minimum absolute atomic E-state index is 0.0151. The lowest BCUT2D eigenvalue weighted by Gasteiger charge is -2.36. The van der Waals surface area contributed by atoms with E-state index in [1.54, 1.807) is 13.2 Å². The predicted octanol–water partition coefficient (Wildman–Crippen LogP) is 1.78. The third kappa shape index (κ3) is 2.60. The van der Waals surface area contributed by atoms with Crippen molar-refractivity contribution in [1.82, 2.24) is 14.9 Å². The van der Waals surface area contributed by atoms with Crippen molar-refractivity contribution in [3.63, 3.8) is 0 Å². The van der Waals surface area contributed by atoms with E-state index in [1.807, 2.05) is 4.90 Å². The van der Waals surface area contributed by atoms with Crippen LogP contribution in [0, 0.1) is 5.92 Å². The summed E-state index contributed by atoms with van der Waals surface area (Å²) in [5, 5.41) is 2.90. The Morgan fingerprint density at radius 2 is 2.17 bits per heavy atom. The number of hydrogen-bond acceptors (Lipinski definition) is 4. The van der Waals surface area contributed by atoms with Crippen LogP contribution in [0.15, 0.2) is 12.4 Å². The molecule has 1 aromatic rings. The third-order valence-electron chi connectivity index (χ3n) is 3.49. The Kier molecular flexibility index (Phi) is 3.79. The summed E-state index contributed by atoms with van der Waals surface area (Å²) in [6, 6.07) is 0.286. The second kappa shape index (κ2) is 5.33. The maximum absolute atomic E-state index is 12.4. The fourth-order valence-corrected chi connectivity index (χ4v) is 2.31. The number of anilines is 1. The summed E-state index contributed by atoms with van der Waals surface area (Å²) in [5.41, 5.74) is 0.419. The molecule has 0 spiro atoms. The van der Waals surface area contributed by atoms with Gasteiger partial charge in [0.15, 0.2) is 0 Å². The van der Waals surface area contributed by atoms with Crippen LogP contribution in [0.25, 0.3) is 0 Å². The fraction of sp³-hybridized carbons (Fsp3) is 0.615. The van der Waals surface area contributed by atoms with Crippen LogP contribution in [0.4, 0.5) is 5.82 Å². The number of hydrogen-bond donors (Lipinski definition) is 1. The molecular weight excluding hydrogens is 228 g/mol. The smallest absolute Gasteiger partial charge is 0.274 e. The van der Waals surface area contributed by atoms with Crippen LogP contribution in [0.5, 0.6) is 0 Å². The van der Waals surface area contributed by atoms with Crippen LogP contribution in [0.2, 0.25) is 0 Å². The quantitative estimate of drug-likeness (QED) is 0.866. The van der Waals surface area contributed by atoms with Gasteiger partial charge in [-0.1, -0.05) is 6.92 Å². The summed E-state index contributed by atoms with van der Waals surface area (Å²) in [5.74, 6) is 1.17. The summed E-state index contributed by atoms with van der Waals surface area (Å²) in [4.78, 5) is 22.6. The molecule has 1 N–H and O–H groups in total. The highest BCUT2D eigenvalue weighted by Gasteiger charge is 2.28. The van der Waals surface area contributed by atoms with Gasteiger partial charge in [0, 0.05) is 19.6 Å². The second-order valence-corrected chi connectivity index (χ2v) is 5.03. The first-order valence-corrected chi connectivity index (χ1v) is 6.42. The molecule has 2 heterocycles. The second-order valence-electron chi connectivity index (χ2n) is 5.03. The number of aromatic nitrogens is 2. The van der Waals surface area contributed by atoms with Crippen molar-refractivity contribution in [2.24, 2.45) is 5.92 Å². The van der Waals surface area contributed by atoms with Crippen molar-refractivity contribution < 1.29 is 4.79 Å². The van der Waals surface area contributed by atoms with Gasteiger partial charge in [-0.3, -0.25) is 9.78 Å². The van der Waals surface area contributed by atoms with Crippen molar-refractivity contribution in [1.29, 1.82) is 0 Å². The lowest BCUT2D eigenvalue weighted by atomic mass is 9.95. The number of carbonyl (C=O) groups is 1. The molecule has 18 heavy (non-hydrogen) atoms. The minimum atomic E-state index is -0.0151. The van der Waals surface area contributed by atoms with E-state index in [1.165, 1.54) is 12.6 Å². The first-order chi connectivity index (χ1) is 8.61. The van der Waals surface area contributed by atoms with Crippen LogP contribution in [0.1, 0.15) is 37.2 Å². The van der Waals surface area contributed by atoms with Crippen LogP contribution in [-0.4, -0.2) is 40.4 Å². The van der Waals surface area contributed by atoms with E-state index in [9.17, 15) is 4.79 Å². The number of piperidine rings is 1. The molecule has 1 saturated heterocycles. The minimum Gasteiger partial charge on any atom is -0.372 e. The number of amides is 1. The van der Waals surface area contributed by atoms with Gasteiger partial charge in [0.05, 0.1) is 12.4 Å². The zero-order valence-corrected chi connectivity index (χ0v) is 11.2. The molecule has 5 nitrogen and oxygen atoms in total. The van der Waals surface area contributed by atoms with E-state index in [0.717, 1.165) is 13.0 Å². The van der Waals surface area contributed by atoms with E-state index in [-0.39, 0.29) is 11.9 Å². The van der Waals surface area contributed by atoms with E-state index in [0.29, 0.717) is 17.4 Å². The molecule has 98 valence electrons. The highest BCUT2D eigenvalue weighted by atomic mass is 16.2. The van der Waals surface area contributed by atoms with E-state index in [4.69, 9.17) is 0 Å². The van der Waals surface area contributed by atoms with Gasteiger partial charge in [0.1, 0.15) is 11.5 Å². The summed E-state index contributed by atoms with van der Waals surface area (Å²) >= 11 is 0. The third-order valence-corrected chi connectivity index (χ3v) is 3.49. The zero-order chi connectivity index (χ0) is 13.1. The maximum Gasteiger partial charge on any atom is 0.274 e. The Morgan fingerprint density at radius 3 is 2.89 bits per heavy atom. The van der Waals surface area contributed by atoms with Crippen molar-refractivity contribution in [2.45, 2.75) is 32.7 Å². The summed E-state index contributed by atoms with van der Waals surface area (Å²) in [6.07, 6.45) is 5.40. The molecule has 1 aliphatic rings. The van der Waals surface area contributed by atoms with Crippen molar-refractivity contribution in [3.05, 3.63) is 18.1 Å². The van der Waals surface area contributed by atoms with Crippen molar-refractivity contribution in [3.8, 4) is 0 Å². The molecule has 2 rings (SSSR count). The van der Waals surface area contributed by atoms with E-state index < -0.39 is 0 Å². The largest absolute Gasteiger partial charge is 0.372 e. The molecule has 1 amide bonds. The number of likely N-dealkylation sites (tertiary alicyclic amines) is 1. The summed E-state index contributed by atoms with van der Waals surface area (Å²) < 4.78 is 0. The molecule has 5 heteroatoms. The van der Waals surface area contributed by atoms with Crippen LogP contribution >= 0.6 is 0 Å². The highest BCUT2D eigenvalue weighted by Crippen LogP contribution is 2.22. The standard InChI is InChI=1S/C13H20N4O/c1-9-4-5-10(2)17(8-9)13(18)11-6-15-7-12(14-3)16-11/h6-7,9-10H,4-5,8H2,1-3H3,(H,14,16). The molecule has 2 atom stereocenters. The van der Waals surface area contributed by atoms with Crippen LogP contribution in [-0.2, 0) is 0 Å². The number of nitrogens with zero attached hydrogens (tertiary/aromatic N) is 3. The molecule has 1 fully saturated rings. The Balaban J connectivity index is 2.18. The van der Waals surface area contributed by atoms with Crippen molar-refractivity contribution in [2.75, 3.05) is 18.9 Å². The molecule has 1 aromatic heterocycles. The van der Waals surface area contributed by atoms with E-state index in [2.05, 4.69) is 29.1 Å². The lowest BCUT2D eigenvalue weighted by molar-refractivity contribution is 0.0567. The first kappa shape index (κ1) is 12.8. The molecule has 0 radical (unpaired) electrons. The average molecular weight is 248 g/mol. The topological polar surface area (TPSA) is 58.1 Å². The molecular formula is C13H20N4O. The number of carbonyl (C=O) groups excluding carboxylic acids is 1. The normalized spacial score (nSPS) is 23.8. The number of nitrogens with one attached hydrogen (secondary N) is 1. The summed E-state index contributed by atoms with van der Waals surface area (Å²) in [6.45, 7) is 5.09. The van der Waals surface area contributed by atoms with Crippen LogP contribution in [0.3, 0.4) is 0 Å². The molecule has 0 bridgehead atoms. The van der Waals surface area contributed by atoms with Gasteiger partial charge in [-0.25, -0.2) is 4.98 Å². The SMILES string of the molecule is CNc1cncc(C(=O)N2CC(C)CCC2C)n1. The Hall–Kier alpha value is -1.65. The highest BCUT2D eigenvalue weighted by molar-refractivity contribution is 5.92. The van der Waals surface area contributed by atoms with Gasteiger partial charge < -0.3 is 10.2 Å². The van der Waals surface area contributed by atoms with Gasteiger partial charge in [0.2, 0.25) is 0 Å². The Bertz CT molecular complexity index is 435. The molecule has 1 aliphatic heterocycles. The van der Waals surface area contributed by atoms with Gasteiger partial charge in [-0.15, -0.1) is 0 Å². The summed E-state index contributed by atoms with van der Waals surface area (Å²) in [7, 11) is 1.77. The zero-order valence-electron chi connectivity index (χ0n) is 11.2. The lowest BCUT2D eigenvalue weighted by Crippen LogP contribution is -2.45. The Morgan fingerprint density at radius 1 is 1.39 bits per heavy atom. The fourth-order valence-electron chi connectivity index (χ4n) is 2.31. The molecule has 2 unspecified atom stereocenters. The predicted molar refractivity (Wildman–Crippen MR) is 70.5 cm³/mol. The number of rotatable bonds is 2. The van der Waals surface area contributed by atoms with E-state index >= 15 is 0 Å². The molecule has 0 saturated carbocycles. The van der Waals surface area contributed by atoms with Crippen LogP contribution < -0.4 is 5.32 Å². The maximum atomic E-state index is 12.4. The van der Waals surface area contributed by atoms with Gasteiger partial charge in [0.25, 0.3) is 5.91 Å². The van der Waals surface area contributed by atoms with Gasteiger partial charge in [-0.2, -0.15) is 0 Å². The molecule has 0 aliphatic carbocycles. The molecule has 0 aromatic carbocycles. The van der Waals surface area contributed by atoms with Crippen molar-refractivity contribution >= 4 is 11.7 Å².